The molecule has 1 aromatic rings. The van der Waals surface area contributed by atoms with E-state index in [1.54, 1.807) is 0 Å². The highest BCUT2D eigenvalue weighted by Crippen LogP contribution is 2.38. The second-order valence-corrected chi connectivity index (χ2v) is 5.17. The van der Waals surface area contributed by atoms with Crippen LogP contribution in [0.2, 0.25) is 0 Å². The minimum absolute atomic E-state index is 0.406. The molecule has 0 bridgehead atoms. The summed E-state index contributed by atoms with van der Waals surface area (Å²) in [6.07, 6.45) is 1.12. The first-order valence-corrected chi connectivity index (χ1v) is 6.00. The van der Waals surface area contributed by atoms with Crippen LogP contribution in [0.25, 0.3) is 0 Å². The maximum absolute atomic E-state index is 4.61. The molecule has 0 saturated carbocycles. The van der Waals surface area contributed by atoms with Crippen molar-refractivity contribution in [1.82, 2.24) is 0 Å². The van der Waals surface area contributed by atoms with Crippen LogP contribution in [0.3, 0.4) is 0 Å². The van der Waals surface area contributed by atoms with E-state index in [1.807, 2.05) is 0 Å². The van der Waals surface area contributed by atoms with Crippen LogP contribution in [-0.2, 0) is 0 Å². The molecular formula is C10H12INS. The van der Waals surface area contributed by atoms with E-state index in [1.165, 1.54) is 20.4 Å². The van der Waals surface area contributed by atoms with E-state index in [0.29, 0.717) is 5.25 Å². The van der Waals surface area contributed by atoms with Crippen molar-refractivity contribution in [3.05, 3.63) is 26.8 Å². The Hall–Kier alpha value is 0.1000. The Labute approximate surface area is 97.9 Å². The van der Waals surface area contributed by atoms with Crippen LogP contribution in [0.1, 0.15) is 22.8 Å². The summed E-state index contributed by atoms with van der Waals surface area (Å²) in [5, 5.41) is 3.85. The molecule has 1 N–H and O–H groups in total. The van der Waals surface area contributed by atoms with Crippen molar-refractivity contribution in [2.24, 2.45) is 0 Å². The van der Waals surface area contributed by atoms with Gasteiger partial charge in [-0.2, -0.15) is 12.6 Å². The SMILES string of the molecule is Cc1ccc(I)c2c1NCCC2S. The summed E-state index contributed by atoms with van der Waals surface area (Å²) in [5.41, 5.74) is 4.02. The maximum atomic E-state index is 4.61. The zero-order chi connectivity index (χ0) is 9.42. The molecule has 0 saturated heterocycles. The quantitative estimate of drug-likeness (QED) is 0.553. The molecule has 0 radical (unpaired) electrons. The monoisotopic (exact) mass is 305 g/mol. The number of fused-ring (bicyclic) bond motifs is 1. The first-order valence-electron chi connectivity index (χ1n) is 4.41. The van der Waals surface area contributed by atoms with Gasteiger partial charge in [0.25, 0.3) is 0 Å². The zero-order valence-electron chi connectivity index (χ0n) is 7.47. The molecule has 0 fully saturated rings. The third kappa shape index (κ3) is 1.68. The number of thiol groups is 1. The van der Waals surface area contributed by atoms with Gasteiger partial charge in [0, 0.05) is 26.6 Å². The van der Waals surface area contributed by atoms with Gasteiger partial charge < -0.3 is 5.32 Å². The van der Waals surface area contributed by atoms with Crippen molar-refractivity contribution in [2.75, 3.05) is 11.9 Å². The second kappa shape index (κ2) is 3.69. The number of hydrogen-bond donors (Lipinski definition) is 2. The second-order valence-electron chi connectivity index (χ2n) is 3.38. The fraction of sp³-hybridized carbons (Fsp3) is 0.400. The lowest BCUT2D eigenvalue weighted by atomic mass is 10.00. The highest BCUT2D eigenvalue weighted by atomic mass is 127. The van der Waals surface area contributed by atoms with Gasteiger partial charge in [-0.15, -0.1) is 0 Å². The van der Waals surface area contributed by atoms with Crippen LogP contribution in [0.15, 0.2) is 12.1 Å². The van der Waals surface area contributed by atoms with Crippen LogP contribution in [0.5, 0.6) is 0 Å². The molecule has 1 heterocycles. The molecule has 0 spiro atoms. The van der Waals surface area contributed by atoms with E-state index in [2.05, 4.69) is 59.6 Å². The molecule has 0 amide bonds. The summed E-state index contributed by atoms with van der Waals surface area (Å²) in [6, 6.07) is 4.34. The average molecular weight is 305 g/mol. The van der Waals surface area contributed by atoms with Crippen LogP contribution in [0, 0.1) is 10.5 Å². The van der Waals surface area contributed by atoms with E-state index in [9.17, 15) is 0 Å². The lowest BCUT2D eigenvalue weighted by Gasteiger charge is -2.26. The van der Waals surface area contributed by atoms with Gasteiger partial charge in [-0.25, -0.2) is 0 Å². The smallest absolute Gasteiger partial charge is 0.0424 e. The highest BCUT2D eigenvalue weighted by Gasteiger charge is 2.20. The van der Waals surface area contributed by atoms with Gasteiger partial charge in [0.05, 0.1) is 0 Å². The van der Waals surface area contributed by atoms with E-state index < -0.39 is 0 Å². The van der Waals surface area contributed by atoms with Gasteiger partial charge in [-0.3, -0.25) is 0 Å². The van der Waals surface area contributed by atoms with Crippen molar-refractivity contribution < 1.29 is 0 Å². The van der Waals surface area contributed by atoms with Gasteiger partial charge in [0.15, 0.2) is 0 Å². The number of nitrogens with one attached hydrogen (secondary N) is 1. The normalized spacial score (nSPS) is 20.7. The fourth-order valence-corrected chi connectivity index (χ4v) is 3.21. The summed E-state index contributed by atoms with van der Waals surface area (Å²) in [6.45, 7) is 3.19. The third-order valence-corrected chi connectivity index (χ3v) is 3.91. The van der Waals surface area contributed by atoms with E-state index in [0.717, 1.165) is 13.0 Å². The molecule has 1 aliphatic rings. The van der Waals surface area contributed by atoms with Gasteiger partial charge >= 0.3 is 0 Å². The molecule has 1 aromatic carbocycles. The van der Waals surface area contributed by atoms with Crippen LogP contribution in [0.4, 0.5) is 5.69 Å². The Morgan fingerprint density at radius 2 is 2.31 bits per heavy atom. The summed E-state index contributed by atoms with van der Waals surface area (Å²) in [5.74, 6) is 0. The van der Waals surface area contributed by atoms with Crippen LogP contribution >= 0.6 is 35.2 Å². The molecule has 3 heteroatoms. The van der Waals surface area contributed by atoms with E-state index in [-0.39, 0.29) is 0 Å². The fourth-order valence-electron chi connectivity index (χ4n) is 1.74. The Balaban J connectivity index is 2.60. The predicted molar refractivity (Wildman–Crippen MR) is 68.7 cm³/mol. The molecule has 0 aliphatic carbocycles. The summed E-state index contributed by atoms with van der Waals surface area (Å²) in [4.78, 5) is 0. The topological polar surface area (TPSA) is 12.0 Å². The molecule has 13 heavy (non-hydrogen) atoms. The van der Waals surface area contributed by atoms with Gasteiger partial charge in [0.1, 0.15) is 0 Å². The molecule has 1 nitrogen and oxygen atoms in total. The third-order valence-electron chi connectivity index (χ3n) is 2.45. The van der Waals surface area contributed by atoms with Crippen molar-refractivity contribution in [2.45, 2.75) is 18.6 Å². The standard InChI is InChI=1S/C10H12INS/c1-6-2-3-7(11)9-8(13)4-5-12-10(6)9/h2-3,8,12-13H,4-5H2,1H3. The largest absolute Gasteiger partial charge is 0.384 e. The molecule has 1 aliphatic heterocycles. The maximum Gasteiger partial charge on any atom is 0.0424 e. The minimum Gasteiger partial charge on any atom is -0.384 e. The number of rotatable bonds is 0. The summed E-state index contributed by atoms with van der Waals surface area (Å²) >= 11 is 7.00. The highest BCUT2D eigenvalue weighted by molar-refractivity contribution is 14.1. The van der Waals surface area contributed by atoms with Crippen molar-refractivity contribution in [3.8, 4) is 0 Å². The Morgan fingerprint density at radius 3 is 3.00 bits per heavy atom. The van der Waals surface area contributed by atoms with Gasteiger partial charge in [0.2, 0.25) is 0 Å². The van der Waals surface area contributed by atoms with E-state index in [4.69, 9.17) is 0 Å². The number of halogens is 1. The number of benzene rings is 1. The molecule has 1 atom stereocenters. The van der Waals surface area contributed by atoms with Crippen molar-refractivity contribution >= 4 is 40.9 Å². The van der Waals surface area contributed by atoms with Gasteiger partial charge in [-0.05, 0) is 47.6 Å². The number of aryl methyl sites for hydroxylation is 1. The lowest BCUT2D eigenvalue weighted by Crippen LogP contribution is -2.16. The summed E-state index contributed by atoms with van der Waals surface area (Å²) < 4.78 is 1.32. The van der Waals surface area contributed by atoms with Crippen LogP contribution < -0.4 is 5.32 Å². The Kier molecular flexibility index (Phi) is 2.74. The summed E-state index contributed by atoms with van der Waals surface area (Å²) in [7, 11) is 0. The first-order chi connectivity index (χ1) is 6.20. The molecule has 70 valence electrons. The average Bonchev–Trinajstić information content (AvgIpc) is 2.12. The van der Waals surface area contributed by atoms with Crippen molar-refractivity contribution in [1.29, 1.82) is 0 Å². The Bertz CT molecular complexity index is 338. The predicted octanol–water partition coefficient (Wildman–Crippen LogP) is 3.39. The molecule has 2 rings (SSSR count). The Morgan fingerprint density at radius 1 is 1.54 bits per heavy atom. The van der Waals surface area contributed by atoms with E-state index >= 15 is 0 Å². The molecule has 1 unspecified atom stereocenters. The molecule has 0 aromatic heterocycles. The molecular weight excluding hydrogens is 293 g/mol. The lowest BCUT2D eigenvalue weighted by molar-refractivity contribution is 0.809. The van der Waals surface area contributed by atoms with Crippen molar-refractivity contribution in [3.63, 3.8) is 0 Å². The first kappa shape index (κ1) is 9.65. The van der Waals surface area contributed by atoms with Gasteiger partial charge in [-0.1, -0.05) is 6.07 Å². The van der Waals surface area contributed by atoms with Crippen LogP contribution in [-0.4, -0.2) is 6.54 Å². The zero-order valence-corrected chi connectivity index (χ0v) is 10.5. The number of hydrogen-bond acceptors (Lipinski definition) is 2. The number of anilines is 1. The minimum atomic E-state index is 0.406.